The molecule has 2 N–H and O–H groups in total. The fourth-order valence-corrected chi connectivity index (χ4v) is 2.88. The summed E-state index contributed by atoms with van der Waals surface area (Å²) in [5.41, 5.74) is -1.37. The van der Waals surface area contributed by atoms with Gasteiger partial charge in [-0.3, -0.25) is 9.20 Å². The monoisotopic (exact) mass is 397 g/mol. The van der Waals surface area contributed by atoms with Crippen molar-refractivity contribution < 1.29 is 18.3 Å². The Morgan fingerprint density at radius 3 is 2.63 bits per heavy atom. The second-order valence-corrected chi connectivity index (χ2v) is 6.40. The summed E-state index contributed by atoms with van der Waals surface area (Å²) in [6.45, 7) is 1.40. The molecule has 1 aromatic carbocycles. The standard InChI is InChI=1S/C18H15ClF3N3O2/c1-10(9-26)23-17-24-16(27)15(12-4-2-3-5-13(12)19)14-8-11(18(20,21)22)6-7-25(14)17/h2-8,10,26H,9H2,1H3,(H,23,24,27)/t10-/m1/s1. The molecular formula is C18H15ClF3N3O2. The smallest absolute Gasteiger partial charge is 0.394 e. The Kier molecular flexibility index (Phi) is 5.12. The summed E-state index contributed by atoms with van der Waals surface area (Å²) in [7, 11) is 0. The van der Waals surface area contributed by atoms with Gasteiger partial charge in [0.15, 0.2) is 0 Å². The third-order valence-corrected chi connectivity index (χ3v) is 4.31. The molecule has 5 nitrogen and oxygen atoms in total. The Morgan fingerprint density at radius 1 is 1.30 bits per heavy atom. The van der Waals surface area contributed by atoms with Crippen LogP contribution >= 0.6 is 11.6 Å². The van der Waals surface area contributed by atoms with Crippen molar-refractivity contribution in [1.29, 1.82) is 0 Å². The molecule has 1 atom stereocenters. The van der Waals surface area contributed by atoms with E-state index >= 15 is 0 Å². The average Bonchev–Trinajstić information content (AvgIpc) is 2.61. The second-order valence-electron chi connectivity index (χ2n) is 5.99. The molecule has 0 unspecified atom stereocenters. The third-order valence-electron chi connectivity index (χ3n) is 3.98. The van der Waals surface area contributed by atoms with E-state index < -0.39 is 23.3 Å². The summed E-state index contributed by atoms with van der Waals surface area (Å²) in [4.78, 5) is 16.6. The molecule has 0 bridgehead atoms. The highest BCUT2D eigenvalue weighted by molar-refractivity contribution is 6.33. The van der Waals surface area contributed by atoms with Crippen molar-refractivity contribution in [2.45, 2.75) is 19.1 Å². The number of hydrogen-bond donors (Lipinski definition) is 2. The van der Waals surface area contributed by atoms with Gasteiger partial charge >= 0.3 is 6.18 Å². The lowest BCUT2D eigenvalue weighted by Gasteiger charge is -2.18. The molecule has 0 saturated carbocycles. The van der Waals surface area contributed by atoms with E-state index in [9.17, 15) is 23.1 Å². The van der Waals surface area contributed by atoms with Crippen LogP contribution in [-0.4, -0.2) is 27.1 Å². The molecule has 3 aromatic rings. The molecule has 0 saturated heterocycles. The van der Waals surface area contributed by atoms with Gasteiger partial charge in [0.05, 0.1) is 23.3 Å². The zero-order valence-electron chi connectivity index (χ0n) is 14.1. The van der Waals surface area contributed by atoms with E-state index in [4.69, 9.17) is 11.6 Å². The fraction of sp³-hybridized carbons (Fsp3) is 0.222. The van der Waals surface area contributed by atoms with Gasteiger partial charge in [0.25, 0.3) is 5.56 Å². The minimum absolute atomic E-state index is 0.00515. The van der Waals surface area contributed by atoms with Crippen LogP contribution in [-0.2, 0) is 6.18 Å². The Balaban J connectivity index is 2.38. The van der Waals surface area contributed by atoms with Crippen LogP contribution < -0.4 is 10.9 Å². The van der Waals surface area contributed by atoms with Gasteiger partial charge in [-0.15, -0.1) is 0 Å². The maximum Gasteiger partial charge on any atom is 0.416 e. The molecule has 142 valence electrons. The molecule has 0 aliphatic rings. The van der Waals surface area contributed by atoms with E-state index in [-0.39, 0.29) is 34.2 Å². The minimum Gasteiger partial charge on any atom is -0.394 e. The van der Waals surface area contributed by atoms with Crippen LogP contribution in [0.15, 0.2) is 47.4 Å². The first-order chi connectivity index (χ1) is 12.7. The number of aliphatic hydroxyl groups excluding tert-OH is 1. The molecular weight excluding hydrogens is 383 g/mol. The van der Waals surface area contributed by atoms with Crippen molar-refractivity contribution in [1.82, 2.24) is 9.38 Å². The number of fused-ring (bicyclic) bond motifs is 1. The average molecular weight is 398 g/mol. The summed E-state index contributed by atoms with van der Waals surface area (Å²) in [6.07, 6.45) is -3.40. The third kappa shape index (κ3) is 3.77. The summed E-state index contributed by atoms with van der Waals surface area (Å²) < 4.78 is 41.0. The number of hydrogen-bond acceptors (Lipinski definition) is 4. The topological polar surface area (TPSA) is 66.6 Å². The molecule has 0 spiro atoms. The number of halogens is 4. The molecule has 0 aliphatic carbocycles. The van der Waals surface area contributed by atoms with Crippen LogP contribution in [0.3, 0.4) is 0 Å². The van der Waals surface area contributed by atoms with Crippen molar-refractivity contribution in [3.8, 4) is 11.1 Å². The number of pyridine rings is 1. The van der Waals surface area contributed by atoms with Gasteiger partial charge in [-0.1, -0.05) is 29.8 Å². The maximum atomic E-state index is 13.2. The SMILES string of the molecule is C[C@H](CO)Nc1nc(=O)c(-c2ccccc2Cl)c2cc(C(F)(F)F)ccn12. The van der Waals surface area contributed by atoms with Crippen LogP contribution in [0.5, 0.6) is 0 Å². The normalized spacial score (nSPS) is 13.0. The Hall–Kier alpha value is -2.58. The van der Waals surface area contributed by atoms with Crippen molar-refractivity contribution in [3.63, 3.8) is 0 Å². The van der Waals surface area contributed by atoms with Crippen LogP contribution in [0.25, 0.3) is 16.6 Å². The van der Waals surface area contributed by atoms with E-state index in [0.717, 1.165) is 12.1 Å². The number of nitrogens with one attached hydrogen (secondary N) is 1. The van der Waals surface area contributed by atoms with E-state index in [2.05, 4.69) is 10.3 Å². The zero-order valence-corrected chi connectivity index (χ0v) is 14.8. The van der Waals surface area contributed by atoms with E-state index in [1.165, 1.54) is 10.6 Å². The molecule has 27 heavy (non-hydrogen) atoms. The summed E-state index contributed by atoms with van der Waals surface area (Å²) >= 11 is 6.16. The molecule has 0 radical (unpaired) electrons. The number of aromatic nitrogens is 2. The minimum atomic E-state index is -4.58. The van der Waals surface area contributed by atoms with Crippen molar-refractivity contribution >= 4 is 23.1 Å². The Morgan fingerprint density at radius 2 is 2.00 bits per heavy atom. The summed E-state index contributed by atoms with van der Waals surface area (Å²) in [5.74, 6) is 0.0288. The van der Waals surface area contributed by atoms with Gasteiger partial charge in [0, 0.05) is 22.8 Å². The number of rotatable bonds is 4. The lowest BCUT2D eigenvalue weighted by atomic mass is 10.0. The van der Waals surface area contributed by atoms with Gasteiger partial charge in [-0.05, 0) is 25.1 Å². The lowest BCUT2D eigenvalue weighted by Crippen LogP contribution is -2.25. The molecule has 3 rings (SSSR count). The number of alkyl halides is 3. The number of benzene rings is 1. The van der Waals surface area contributed by atoms with Crippen LogP contribution in [0, 0.1) is 0 Å². The molecule has 9 heteroatoms. The molecule has 2 heterocycles. The first kappa shape index (κ1) is 19.2. The largest absolute Gasteiger partial charge is 0.416 e. The van der Waals surface area contributed by atoms with Crippen molar-refractivity contribution in [2.75, 3.05) is 11.9 Å². The molecule has 2 aromatic heterocycles. The molecule has 0 amide bonds. The van der Waals surface area contributed by atoms with Gasteiger partial charge in [-0.2, -0.15) is 18.2 Å². The highest BCUT2D eigenvalue weighted by atomic mass is 35.5. The van der Waals surface area contributed by atoms with Gasteiger partial charge < -0.3 is 10.4 Å². The fourth-order valence-electron chi connectivity index (χ4n) is 2.65. The van der Waals surface area contributed by atoms with Crippen molar-refractivity contribution in [3.05, 3.63) is 63.5 Å². The first-order valence-electron chi connectivity index (χ1n) is 7.98. The Labute approximate surface area is 157 Å². The number of nitrogens with zero attached hydrogens (tertiary/aromatic N) is 2. The van der Waals surface area contributed by atoms with E-state index in [1.807, 2.05) is 0 Å². The predicted octanol–water partition coefficient (Wildman–Crippen LogP) is 3.83. The zero-order chi connectivity index (χ0) is 19.8. The van der Waals surface area contributed by atoms with Crippen molar-refractivity contribution in [2.24, 2.45) is 0 Å². The second kappa shape index (κ2) is 7.21. The van der Waals surface area contributed by atoms with Gasteiger partial charge in [0.2, 0.25) is 5.95 Å². The summed E-state index contributed by atoms with van der Waals surface area (Å²) in [5, 5.41) is 12.3. The summed E-state index contributed by atoms with van der Waals surface area (Å²) in [6, 6.07) is 7.69. The van der Waals surface area contributed by atoms with Crippen LogP contribution in [0.4, 0.5) is 19.1 Å². The number of aliphatic hydroxyl groups is 1. The highest BCUT2D eigenvalue weighted by Gasteiger charge is 2.31. The van der Waals surface area contributed by atoms with E-state index in [0.29, 0.717) is 0 Å². The molecule has 0 aliphatic heterocycles. The van der Waals surface area contributed by atoms with E-state index in [1.54, 1.807) is 31.2 Å². The number of anilines is 1. The lowest BCUT2D eigenvalue weighted by molar-refractivity contribution is -0.137. The maximum absolute atomic E-state index is 13.2. The Bertz CT molecular complexity index is 1050. The first-order valence-corrected chi connectivity index (χ1v) is 8.36. The van der Waals surface area contributed by atoms with Crippen LogP contribution in [0.2, 0.25) is 5.02 Å². The van der Waals surface area contributed by atoms with Gasteiger partial charge in [0.1, 0.15) is 0 Å². The van der Waals surface area contributed by atoms with Crippen LogP contribution in [0.1, 0.15) is 12.5 Å². The molecule has 0 fully saturated rings. The predicted molar refractivity (Wildman–Crippen MR) is 97.1 cm³/mol. The van der Waals surface area contributed by atoms with Gasteiger partial charge in [-0.25, -0.2) is 0 Å². The quantitative estimate of drug-likeness (QED) is 0.702. The highest BCUT2D eigenvalue weighted by Crippen LogP contribution is 2.34.